The van der Waals surface area contributed by atoms with E-state index in [1.807, 2.05) is 24.0 Å². The molecular formula is C17H20N4O3. The molecule has 0 N–H and O–H groups in total. The van der Waals surface area contributed by atoms with E-state index in [1.54, 1.807) is 17.0 Å². The smallest absolute Gasteiger partial charge is 0.249 e. The number of fused-ring (bicyclic) bond motifs is 1. The third-order valence-corrected chi connectivity index (χ3v) is 4.50. The Morgan fingerprint density at radius 1 is 1.17 bits per heavy atom. The third-order valence-electron chi connectivity index (χ3n) is 4.50. The van der Waals surface area contributed by atoms with Crippen molar-refractivity contribution in [3.05, 3.63) is 30.1 Å². The maximum absolute atomic E-state index is 13.0. The molecule has 1 fully saturated rings. The van der Waals surface area contributed by atoms with Crippen LogP contribution in [0.1, 0.15) is 29.3 Å². The van der Waals surface area contributed by atoms with Gasteiger partial charge in [-0.1, -0.05) is 12.1 Å². The highest BCUT2D eigenvalue weighted by molar-refractivity contribution is 6.02. The highest BCUT2D eigenvalue weighted by Gasteiger charge is 2.29. The summed E-state index contributed by atoms with van der Waals surface area (Å²) in [6, 6.07) is 6.85. The molecule has 2 heterocycles. The van der Waals surface area contributed by atoms with Crippen molar-refractivity contribution in [3.63, 3.8) is 0 Å². The second-order valence-electron chi connectivity index (χ2n) is 6.01. The number of hydrogen-bond acceptors (Lipinski definition) is 5. The van der Waals surface area contributed by atoms with Gasteiger partial charge in [-0.15, -0.1) is 0 Å². The third kappa shape index (κ3) is 2.82. The van der Waals surface area contributed by atoms with Crippen molar-refractivity contribution in [1.29, 1.82) is 0 Å². The van der Waals surface area contributed by atoms with Crippen LogP contribution in [0.5, 0.6) is 0 Å². The summed E-state index contributed by atoms with van der Waals surface area (Å²) >= 11 is 0. The van der Waals surface area contributed by atoms with Crippen LogP contribution in [0.3, 0.4) is 0 Å². The summed E-state index contributed by atoms with van der Waals surface area (Å²) in [6.45, 7) is 5.72. The van der Waals surface area contributed by atoms with Gasteiger partial charge in [-0.05, 0) is 19.1 Å². The lowest BCUT2D eigenvalue weighted by Gasteiger charge is -2.35. The molecule has 1 aliphatic heterocycles. The molecule has 1 unspecified atom stereocenters. The van der Waals surface area contributed by atoms with Crippen molar-refractivity contribution in [3.8, 4) is 0 Å². The minimum atomic E-state index is -0.394. The van der Waals surface area contributed by atoms with Crippen LogP contribution >= 0.6 is 0 Å². The van der Waals surface area contributed by atoms with Crippen LogP contribution in [0.4, 0.5) is 0 Å². The molecule has 1 aromatic heterocycles. The summed E-state index contributed by atoms with van der Waals surface area (Å²) < 4.78 is 1.43. The number of hydrogen-bond donors (Lipinski definition) is 0. The lowest BCUT2D eigenvalue weighted by Crippen LogP contribution is -2.52. The van der Waals surface area contributed by atoms with Gasteiger partial charge in [0, 0.05) is 33.1 Å². The van der Waals surface area contributed by atoms with E-state index in [9.17, 15) is 14.4 Å². The number of ketones is 1. The van der Waals surface area contributed by atoms with Gasteiger partial charge in [0.25, 0.3) is 0 Å². The van der Waals surface area contributed by atoms with Crippen LogP contribution in [0, 0.1) is 0 Å². The van der Waals surface area contributed by atoms with E-state index < -0.39 is 6.04 Å². The second-order valence-corrected chi connectivity index (χ2v) is 6.01. The number of Topliss-reactive ketones (excluding diaryl/α,β-unsaturated/α-hetero) is 1. The minimum Gasteiger partial charge on any atom is -0.343 e. The molecule has 0 saturated carbocycles. The van der Waals surface area contributed by atoms with Gasteiger partial charge in [0.15, 0.2) is 11.6 Å². The van der Waals surface area contributed by atoms with Crippen molar-refractivity contribution < 1.29 is 14.4 Å². The summed E-state index contributed by atoms with van der Waals surface area (Å²) in [4.78, 5) is 43.8. The van der Waals surface area contributed by atoms with Gasteiger partial charge in [-0.3, -0.25) is 23.9 Å². The van der Waals surface area contributed by atoms with Gasteiger partial charge in [0.05, 0.1) is 17.1 Å². The molecule has 1 saturated heterocycles. The molecule has 0 bridgehead atoms. The van der Waals surface area contributed by atoms with Gasteiger partial charge < -0.3 is 4.90 Å². The molecule has 0 aliphatic carbocycles. The molecule has 7 nitrogen and oxygen atoms in total. The molecule has 1 atom stereocenters. The van der Waals surface area contributed by atoms with E-state index in [1.165, 1.54) is 11.5 Å². The zero-order valence-corrected chi connectivity index (χ0v) is 13.8. The summed E-state index contributed by atoms with van der Waals surface area (Å²) in [5, 5.41) is 0. The van der Waals surface area contributed by atoms with Crippen molar-refractivity contribution in [2.24, 2.45) is 0 Å². The summed E-state index contributed by atoms with van der Waals surface area (Å²) in [5.41, 5.74) is 1.28. The average Bonchev–Trinajstić information content (AvgIpc) is 3.00. The van der Waals surface area contributed by atoms with E-state index in [0.717, 1.165) is 6.41 Å². The van der Waals surface area contributed by atoms with Crippen molar-refractivity contribution >= 4 is 29.1 Å². The highest BCUT2D eigenvalue weighted by atomic mass is 16.2. The number of nitrogens with zero attached hydrogens (tertiary/aromatic N) is 4. The number of imidazole rings is 1. The van der Waals surface area contributed by atoms with Crippen LogP contribution in [-0.4, -0.2) is 69.7 Å². The summed E-state index contributed by atoms with van der Waals surface area (Å²) in [5.74, 6) is -0.245. The van der Waals surface area contributed by atoms with Crippen molar-refractivity contribution in [2.45, 2.75) is 19.9 Å². The average molecular weight is 328 g/mol. The van der Waals surface area contributed by atoms with Crippen LogP contribution in [0.15, 0.2) is 24.3 Å². The number of aromatic nitrogens is 2. The van der Waals surface area contributed by atoms with E-state index in [2.05, 4.69) is 4.98 Å². The van der Waals surface area contributed by atoms with Gasteiger partial charge in [0.1, 0.15) is 0 Å². The van der Waals surface area contributed by atoms with Crippen LogP contribution in [0.2, 0.25) is 0 Å². The molecular weight excluding hydrogens is 308 g/mol. The second kappa shape index (κ2) is 6.52. The topological polar surface area (TPSA) is 75.5 Å². The fourth-order valence-corrected chi connectivity index (χ4v) is 3.06. The Morgan fingerprint density at radius 2 is 1.83 bits per heavy atom. The van der Waals surface area contributed by atoms with Crippen LogP contribution < -0.4 is 0 Å². The Kier molecular flexibility index (Phi) is 4.44. The number of rotatable bonds is 4. The van der Waals surface area contributed by atoms with E-state index in [-0.39, 0.29) is 17.5 Å². The van der Waals surface area contributed by atoms with Gasteiger partial charge in [-0.2, -0.15) is 0 Å². The summed E-state index contributed by atoms with van der Waals surface area (Å²) in [7, 11) is 0. The highest BCUT2D eigenvalue weighted by Crippen LogP contribution is 2.19. The first-order valence-corrected chi connectivity index (χ1v) is 7.99. The monoisotopic (exact) mass is 328 g/mol. The SMILES string of the molecule is CC(=O)c1nc2ccccc2n1C(=O)C(C)N1CCN(C=O)CC1. The Morgan fingerprint density at radius 3 is 2.46 bits per heavy atom. The molecule has 1 amide bonds. The number of carbonyl (C=O) groups excluding carboxylic acids is 3. The maximum Gasteiger partial charge on any atom is 0.249 e. The first-order chi connectivity index (χ1) is 11.5. The number of amides is 1. The Hall–Kier alpha value is -2.54. The predicted molar refractivity (Wildman–Crippen MR) is 89.0 cm³/mol. The lowest BCUT2D eigenvalue weighted by molar-refractivity contribution is -0.119. The number of benzene rings is 1. The Balaban J connectivity index is 1.92. The zero-order chi connectivity index (χ0) is 17.3. The largest absolute Gasteiger partial charge is 0.343 e. The maximum atomic E-state index is 13.0. The normalized spacial score (nSPS) is 17.0. The molecule has 126 valence electrons. The van der Waals surface area contributed by atoms with Crippen molar-refractivity contribution in [2.75, 3.05) is 26.2 Å². The molecule has 3 rings (SSSR count). The first-order valence-electron chi connectivity index (χ1n) is 7.99. The van der Waals surface area contributed by atoms with E-state index >= 15 is 0 Å². The molecule has 0 spiro atoms. The van der Waals surface area contributed by atoms with E-state index in [0.29, 0.717) is 37.2 Å². The molecule has 1 aromatic carbocycles. The summed E-state index contributed by atoms with van der Waals surface area (Å²) in [6.07, 6.45) is 0.834. The molecule has 0 radical (unpaired) electrons. The molecule has 7 heteroatoms. The quantitative estimate of drug-likeness (QED) is 0.619. The zero-order valence-electron chi connectivity index (χ0n) is 13.8. The molecule has 2 aromatic rings. The van der Waals surface area contributed by atoms with Gasteiger partial charge in [0.2, 0.25) is 12.3 Å². The Bertz CT molecular complexity index is 790. The minimum absolute atomic E-state index is 0.166. The molecule has 24 heavy (non-hydrogen) atoms. The van der Waals surface area contributed by atoms with Crippen LogP contribution in [0.25, 0.3) is 11.0 Å². The lowest BCUT2D eigenvalue weighted by atomic mass is 10.2. The van der Waals surface area contributed by atoms with Gasteiger partial charge in [-0.25, -0.2) is 4.98 Å². The number of carbonyl (C=O) groups is 3. The predicted octanol–water partition coefficient (Wildman–Crippen LogP) is 1.04. The standard InChI is InChI=1S/C17H20N4O3/c1-12(20-9-7-19(11-22)8-10-20)17(24)21-15-6-4-3-5-14(15)18-16(21)13(2)23/h3-6,11-12H,7-10H2,1-2H3. The first kappa shape index (κ1) is 16.3. The fraction of sp³-hybridized carbons (Fsp3) is 0.412. The fourth-order valence-electron chi connectivity index (χ4n) is 3.06. The van der Waals surface area contributed by atoms with Crippen molar-refractivity contribution in [1.82, 2.24) is 19.4 Å². The van der Waals surface area contributed by atoms with Gasteiger partial charge >= 0.3 is 0 Å². The molecule has 1 aliphatic rings. The number of piperazine rings is 1. The van der Waals surface area contributed by atoms with E-state index in [4.69, 9.17) is 0 Å². The Labute approximate surface area is 139 Å². The van der Waals surface area contributed by atoms with Crippen LogP contribution in [-0.2, 0) is 4.79 Å². The number of para-hydroxylation sites is 2.